The summed E-state index contributed by atoms with van der Waals surface area (Å²) in [6, 6.07) is 0. The summed E-state index contributed by atoms with van der Waals surface area (Å²) in [5.41, 5.74) is 1.57. The van der Waals surface area contributed by atoms with Crippen molar-refractivity contribution in [3.8, 4) is 0 Å². The van der Waals surface area contributed by atoms with Crippen LogP contribution < -0.4 is 10.6 Å². The number of amides is 2. The molecule has 0 aliphatic heterocycles. The molecule has 0 aromatic carbocycles. The van der Waals surface area contributed by atoms with Crippen LogP contribution in [0.2, 0.25) is 0 Å². The Labute approximate surface area is 217 Å². The maximum absolute atomic E-state index is 14.0. The molecule has 4 saturated carbocycles. The van der Waals surface area contributed by atoms with Crippen LogP contribution in [0.4, 0.5) is 11.4 Å². The number of anilines is 2. The van der Waals surface area contributed by atoms with Crippen molar-refractivity contribution in [1.29, 1.82) is 0 Å². The summed E-state index contributed by atoms with van der Waals surface area (Å²) in [4.78, 5) is 31.6. The fourth-order valence-corrected chi connectivity index (χ4v) is 7.50. The molecule has 3 aromatic heterocycles. The molecule has 0 radical (unpaired) electrons. The molecule has 12 heteroatoms. The summed E-state index contributed by atoms with van der Waals surface area (Å²) in [6.07, 6.45) is 10.7. The lowest BCUT2D eigenvalue weighted by Gasteiger charge is -2.60. The van der Waals surface area contributed by atoms with Crippen LogP contribution >= 0.6 is 15.9 Å². The van der Waals surface area contributed by atoms with Crippen LogP contribution in [0.3, 0.4) is 0 Å². The van der Waals surface area contributed by atoms with E-state index in [0.29, 0.717) is 40.2 Å². The molecule has 11 nitrogen and oxygen atoms in total. The monoisotopic (exact) mass is 555 g/mol. The smallest absolute Gasteiger partial charge is 0.276 e. The Kier molecular flexibility index (Phi) is 5.36. The van der Waals surface area contributed by atoms with Crippen LogP contribution in [0.25, 0.3) is 0 Å². The van der Waals surface area contributed by atoms with Gasteiger partial charge in [-0.25, -0.2) is 9.67 Å². The Morgan fingerprint density at radius 2 is 1.83 bits per heavy atom. The second-order valence-corrected chi connectivity index (χ2v) is 11.5. The Morgan fingerprint density at radius 1 is 1.11 bits per heavy atom. The number of carbonyl (C=O) groups excluding carboxylic acids is 2. The van der Waals surface area contributed by atoms with Crippen LogP contribution in [0.1, 0.15) is 61.6 Å². The van der Waals surface area contributed by atoms with Gasteiger partial charge in [0.2, 0.25) is 10.6 Å². The number of aromatic nitrogens is 7. The minimum absolute atomic E-state index is 0.0255. The summed E-state index contributed by atoms with van der Waals surface area (Å²) in [5, 5.41) is 19.2. The average Bonchev–Trinajstić information content (AvgIpc) is 3.53. The Balaban J connectivity index is 1.28. The van der Waals surface area contributed by atoms with Gasteiger partial charge in [0.15, 0.2) is 0 Å². The van der Waals surface area contributed by atoms with Crippen molar-refractivity contribution < 1.29 is 9.59 Å². The van der Waals surface area contributed by atoms with Gasteiger partial charge in [-0.05, 0) is 80.1 Å². The van der Waals surface area contributed by atoms with Gasteiger partial charge < -0.3 is 10.6 Å². The van der Waals surface area contributed by atoms with Gasteiger partial charge in [0.1, 0.15) is 12.0 Å². The lowest BCUT2D eigenvalue weighted by atomic mass is 9.46. The molecule has 4 aliphatic rings. The molecule has 3 heterocycles. The topological polar surface area (TPSA) is 125 Å². The molecule has 0 spiro atoms. The fourth-order valence-electron chi connectivity index (χ4n) is 7.23. The average molecular weight is 556 g/mol. The summed E-state index contributed by atoms with van der Waals surface area (Å²) >= 11 is 3.38. The minimum atomic E-state index is -0.496. The van der Waals surface area contributed by atoms with E-state index in [1.807, 2.05) is 25.6 Å². The van der Waals surface area contributed by atoms with Gasteiger partial charge in [-0.15, -0.1) is 5.10 Å². The molecule has 36 heavy (non-hydrogen) atoms. The zero-order chi connectivity index (χ0) is 25.2. The van der Waals surface area contributed by atoms with Crippen molar-refractivity contribution >= 4 is 39.1 Å². The highest BCUT2D eigenvalue weighted by Crippen LogP contribution is 2.64. The highest BCUT2D eigenvalue weighted by atomic mass is 79.9. The van der Waals surface area contributed by atoms with Crippen LogP contribution in [-0.2, 0) is 23.9 Å². The summed E-state index contributed by atoms with van der Waals surface area (Å²) in [6.45, 7) is 4.31. The predicted molar refractivity (Wildman–Crippen MR) is 135 cm³/mol. The second-order valence-electron chi connectivity index (χ2n) is 10.8. The molecule has 4 fully saturated rings. The quantitative estimate of drug-likeness (QED) is 0.479. The van der Waals surface area contributed by atoms with Crippen LogP contribution in [0.15, 0.2) is 23.5 Å². The Morgan fingerprint density at radius 3 is 2.44 bits per heavy atom. The molecular formula is C24H30BrN9O2. The summed E-state index contributed by atoms with van der Waals surface area (Å²) < 4.78 is 5.88. The molecular weight excluding hydrogens is 526 g/mol. The maximum atomic E-state index is 14.0. The van der Waals surface area contributed by atoms with Crippen molar-refractivity contribution in [2.24, 2.45) is 24.3 Å². The number of hydrogen-bond donors (Lipinski definition) is 2. The molecule has 4 bridgehead atoms. The van der Waals surface area contributed by atoms with Crippen molar-refractivity contribution in [1.82, 2.24) is 34.3 Å². The molecule has 2 N–H and O–H groups in total. The van der Waals surface area contributed by atoms with E-state index in [9.17, 15) is 9.59 Å². The van der Waals surface area contributed by atoms with Crippen molar-refractivity contribution in [3.05, 3.63) is 34.8 Å². The van der Waals surface area contributed by atoms with Crippen LogP contribution in [0, 0.1) is 24.2 Å². The first kappa shape index (κ1) is 23.4. The van der Waals surface area contributed by atoms with E-state index in [1.54, 1.807) is 28.1 Å². The lowest BCUT2D eigenvalue weighted by molar-refractivity contribution is -0.150. The number of rotatable bonds is 6. The molecule has 7 rings (SSSR count). The van der Waals surface area contributed by atoms with E-state index in [2.05, 4.69) is 46.8 Å². The predicted octanol–water partition coefficient (Wildman–Crippen LogP) is 3.49. The Hall–Kier alpha value is -3.02. The highest BCUT2D eigenvalue weighted by Gasteiger charge is 2.61. The van der Waals surface area contributed by atoms with Crippen molar-refractivity contribution in [2.75, 3.05) is 10.6 Å². The number of carbonyl (C=O) groups is 2. The molecule has 2 amide bonds. The molecule has 4 aliphatic carbocycles. The van der Waals surface area contributed by atoms with Gasteiger partial charge in [0.05, 0.1) is 40.4 Å². The largest absolute Gasteiger partial charge is 0.322 e. The van der Waals surface area contributed by atoms with E-state index >= 15 is 0 Å². The second kappa shape index (κ2) is 8.25. The number of hydrogen-bond acceptors (Lipinski definition) is 6. The third kappa shape index (κ3) is 3.60. The third-order valence-corrected chi connectivity index (χ3v) is 8.91. The zero-order valence-corrected chi connectivity index (χ0v) is 22.2. The van der Waals surface area contributed by atoms with E-state index in [0.717, 1.165) is 37.8 Å². The molecule has 2 unspecified atom stereocenters. The first-order chi connectivity index (χ1) is 17.2. The van der Waals surface area contributed by atoms with E-state index in [4.69, 9.17) is 0 Å². The highest BCUT2D eigenvalue weighted by molar-refractivity contribution is 9.10. The van der Waals surface area contributed by atoms with Gasteiger partial charge in [-0.3, -0.25) is 19.0 Å². The Bertz CT molecular complexity index is 1340. The summed E-state index contributed by atoms with van der Waals surface area (Å²) in [5.74, 6) is 0.613. The first-order valence-electron chi connectivity index (χ1n) is 12.5. The number of nitrogens with one attached hydrogen (secondary N) is 2. The standard InChI is InChI=1S/C24H30BrN9O2/c1-4-33-19(20(35)29-17-10-27-32(3)14(17)2)18(11-28-33)30-21(36)23-6-15-5-16(7-23)9-24(8-15,12-23)34-13-26-22(25)31-34/h10-11,13,15-16H,4-9,12H2,1-3H3,(H,29,35)(H,30,36). The normalized spacial score (nSPS) is 28.4. The first-order valence-corrected chi connectivity index (χ1v) is 13.3. The molecule has 0 saturated heterocycles. The maximum Gasteiger partial charge on any atom is 0.276 e. The van der Waals surface area contributed by atoms with Gasteiger partial charge in [-0.2, -0.15) is 10.2 Å². The number of nitrogens with zero attached hydrogens (tertiary/aromatic N) is 7. The molecule has 2 atom stereocenters. The van der Waals surface area contributed by atoms with E-state index in [-0.39, 0.29) is 17.4 Å². The van der Waals surface area contributed by atoms with Gasteiger partial charge in [0.25, 0.3) is 5.91 Å². The van der Waals surface area contributed by atoms with Crippen molar-refractivity contribution in [3.63, 3.8) is 0 Å². The van der Waals surface area contributed by atoms with E-state index < -0.39 is 5.41 Å². The van der Waals surface area contributed by atoms with Gasteiger partial charge in [0, 0.05) is 13.6 Å². The van der Waals surface area contributed by atoms with Gasteiger partial charge in [-0.1, -0.05) is 0 Å². The lowest BCUT2D eigenvalue weighted by Crippen LogP contribution is -2.60. The molecule has 190 valence electrons. The molecule has 3 aromatic rings. The van der Waals surface area contributed by atoms with Crippen molar-refractivity contribution in [2.45, 2.75) is 64.5 Å². The fraction of sp³-hybridized carbons (Fsp3) is 0.583. The minimum Gasteiger partial charge on any atom is -0.322 e. The van der Waals surface area contributed by atoms with Crippen LogP contribution in [0.5, 0.6) is 0 Å². The summed E-state index contributed by atoms with van der Waals surface area (Å²) in [7, 11) is 1.82. The zero-order valence-electron chi connectivity index (χ0n) is 20.7. The SMILES string of the molecule is CCn1ncc(NC(=O)C23CC4CC(C2)CC(n2cnc(Br)n2)(C4)C3)c1C(=O)Nc1cnn(C)c1C. The third-order valence-electron chi connectivity index (χ3n) is 8.55. The number of halogens is 1. The van der Waals surface area contributed by atoms with Gasteiger partial charge >= 0.3 is 0 Å². The van der Waals surface area contributed by atoms with Crippen LogP contribution in [-0.4, -0.2) is 46.1 Å². The number of aryl methyl sites for hydroxylation is 2. The van der Waals surface area contributed by atoms with E-state index in [1.165, 1.54) is 6.42 Å².